The molecule has 1 saturated heterocycles. The number of likely N-dealkylation sites (N-methyl/N-ethyl adjacent to an activating group) is 1. The van der Waals surface area contributed by atoms with E-state index in [2.05, 4.69) is 15.1 Å². The molecule has 25 heavy (non-hydrogen) atoms. The van der Waals surface area contributed by atoms with Crippen LogP contribution in [-0.4, -0.2) is 39.6 Å². The first kappa shape index (κ1) is 15.5. The van der Waals surface area contributed by atoms with Crippen molar-refractivity contribution in [2.75, 3.05) is 13.7 Å². The van der Waals surface area contributed by atoms with Gasteiger partial charge in [0.1, 0.15) is 6.61 Å². The number of ether oxygens (including phenoxy) is 1. The van der Waals surface area contributed by atoms with Crippen LogP contribution in [-0.2, 0) is 9.53 Å². The van der Waals surface area contributed by atoms with Crippen molar-refractivity contribution in [1.82, 2.24) is 20.0 Å². The standard InChI is InChI=1S/C18H16N4O3/c1-22-14(23)11-24-16(15(22)12-5-3-2-4-6-12)18-20-17(21-25-18)13-7-9-19-10-8-13/h2-10,15-16H,11H2,1H3/t15-,16+/m1/s1. The second-order valence-electron chi connectivity index (χ2n) is 5.78. The van der Waals surface area contributed by atoms with Crippen molar-refractivity contribution in [2.24, 2.45) is 0 Å². The van der Waals surface area contributed by atoms with E-state index in [9.17, 15) is 4.79 Å². The molecule has 1 aliphatic heterocycles. The molecule has 0 bridgehead atoms. The van der Waals surface area contributed by atoms with Gasteiger partial charge in [0.25, 0.3) is 5.89 Å². The molecule has 126 valence electrons. The van der Waals surface area contributed by atoms with E-state index in [4.69, 9.17) is 9.26 Å². The molecule has 1 amide bonds. The van der Waals surface area contributed by atoms with Crippen LogP contribution in [0.15, 0.2) is 59.4 Å². The van der Waals surface area contributed by atoms with Crippen molar-refractivity contribution in [3.05, 3.63) is 66.3 Å². The number of nitrogens with zero attached hydrogens (tertiary/aromatic N) is 4. The molecule has 2 aromatic heterocycles. The maximum atomic E-state index is 12.1. The molecule has 0 N–H and O–H groups in total. The SMILES string of the molecule is CN1C(=O)CO[C@H](c2nc(-c3ccncc3)no2)[C@H]1c1ccccc1. The van der Waals surface area contributed by atoms with E-state index in [1.54, 1.807) is 36.5 Å². The summed E-state index contributed by atoms with van der Waals surface area (Å²) in [4.78, 5) is 22.2. The van der Waals surface area contributed by atoms with E-state index in [0.29, 0.717) is 11.7 Å². The predicted molar refractivity (Wildman–Crippen MR) is 88.2 cm³/mol. The number of carbonyl (C=O) groups is 1. The van der Waals surface area contributed by atoms with Crippen LogP contribution in [0, 0.1) is 0 Å². The van der Waals surface area contributed by atoms with Gasteiger partial charge < -0.3 is 14.2 Å². The maximum absolute atomic E-state index is 12.1. The third kappa shape index (κ3) is 2.89. The van der Waals surface area contributed by atoms with Crippen LogP contribution in [0.3, 0.4) is 0 Å². The Morgan fingerprint density at radius 2 is 1.88 bits per heavy atom. The second-order valence-corrected chi connectivity index (χ2v) is 5.78. The van der Waals surface area contributed by atoms with Crippen LogP contribution < -0.4 is 0 Å². The molecule has 0 spiro atoms. The highest BCUT2D eigenvalue weighted by molar-refractivity contribution is 5.78. The van der Waals surface area contributed by atoms with Crippen molar-refractivity contribution < 1.29 is 14.1 Å². The predicted octanol–water partition coefficient (Wildman–Crippen LogP) is 2.40. The molecule has 1 fully saturated rings. The van der Waals surface area contributed by atoms with Crippen LogP contribution in [0.2, 0.25) is 0 Å². The van der Waals surface area contributed by atoms with Gasteiger partial charge in [0.2, 0.25) is 11.7 Å². The molecule has 0 unspecified atom stereocenters. The zero-order valence-corrected chi connectivity index (χ0v) is 13.6. The van der Waals surface area contributed by atoms with Crippen molar-refractivity contribution >= 4 is 5.91 Å². The van der Waals surface area contributed by atoms with Gasteiger partial charge in [-0.05, 0) is 17.7 Å². The highest BCUT2D eigenvalue weighted by Crippen LogP contribution is 2.38. The molecule has 3 heterocycles. The van der Waals surface area contributed by atoms with Gasteiger partial charge in [0.15, 0.2) is 6.10 Å². The minimum atomic E-state index is -0.520. The van der Waals surface area contributed by atoms with Crippen LogP contribution >= 0.6 is 0 Å². The van der Waals surface area contributed by atoms with Crippen LogP contribution in [0.4, 0.5) is 0 Å². The Labute approximate surface area is 144 Å². The normalized spacial score (nSPS) is 20.7. The highest BCUT2D eigenvalue weighted by Gasteiger charge is 2.39. The summed E-state index contributed by atoms with van der Waals surface area (Å²) in [6, 6.07) is 13.0. The number of rotatable bonds is 3. The monoisotopic (exact) mass is 336 g/mol. The Morgan fingerprint density at radius 1 is 1.12 bits per heavy atom. The number of hydrogen-bond donors (Lipinski definition) is 0. The van der Waals surface area contributed by atoms with Crippen molar-refractivity contribution in [2.45, 2.75) is 12.1 Å². The number of benzene rings is 1. The zero-order chi connectivity index (χ0) is 17.2. The van der Waals surface area contributed by atoms with E-state index in [1.807, 2.05) is 30.3 Å². The van der Waals surface area contributed by atoms with Crippen LogP contribution in [0.25, 0.3) is 11.4 Å². The van der Waals surface area contributed by atoms with Gasteiger partial charge in [0, 0.05) is 25.0 Å². The molecular formula is C18H16N4O3. The van der Waals surface area contributed by atoms with Crippen molar-refractivity contribution in [3.8, 4) is 11.4 Å². The number of hydrogen-bond acceptors (Lipinski definition) is 6. The zero-order valence-electron chi connectivity index (χ0n) is 13.6. The number of pyridine rings is 1. The van der Waals surface area contributed by atoms with Gasteiger partial charge in [-0.15, -0.1) is 0 Å². The van der Waals surface area contributed by atoms with Gasteiger partial charge in [-0.25, -0.2) is 0 Å². The van der Waals surface area contributed by atoms with E-state index in [-0.39, 0.29) is 18.6 Å². The lowest BCUT2D eigenvalue weighted by Gasteiger charge is -2.37. The molecular weight excluding hydrogens is 320 g/mol. The molecule has 0 radical (unpaired) electrons. The Morgan fingerprint density at radius 3 is 2.64 bits per heavy atom. The lowest BCUT2D eigenvalue weighted by molar-refractivity contribution is -0.157. The Kier molecular flexibility index (Phi) is 3.99. The minimum absolute atomic E-state index is 0.0164. The molecule has 7 nitrogen and oxygen atoms in total. The van der Waals surface area contributed by atoms with E-state index in [1.165, 1.54) is 0 Å². The number of carbonyl (C=O) groups excluding carboxylic acids is 1. The lowest BCUT2D eigenvalue weighted by Crippen LogP contribution is -2.43. The fourth-order valence-corrected chi connectivity index (χ4v) is 2.94. The summed E-state index contributed by atoms with van der Waals surface area (Å²) in [5.74, 6) is 0.728. The van der Waals surface area contributed by atoms with E-state index >= 15 is 0 Å². The number of aromatic nitrogens is 3. The summed E-state index contributed by atoms with van der Waals surface area (Å²) in [6.45, 7) is -0.0164. The average Bonchev–Trinajstić information content (AvgIpc) is 3.15. The Balaban J connectivity index is 1.70. The summed E-state index contributed by atoms with van der Waals surface area (Å²) in [6.07, 6.45) is 2.82. The van der Waals surface area contributed by atoms with Gasteiger partial charge in [0.05, 0.1) is 6.04 Å². The quantitative estimate of drug-likeness (QED) is 0.730. The fourth-order valence-electron chi connectivity index (χ4n) is 2.94. The lowest BCUT2D eigenvalue weighted by atomic mass is 9.98. The summed E-state index contributed by atoms with van der Waals surface area (Å²) in [7, 11) is 1.76. The van der Waals surface area contributed by atoms with Gasteiger partial charge in [-0.2, -0.15) is 4.98 Å². The Hall–Kier alpha value is -3.06. The largest absolute Gasteiger partial charge is 0.356 e. The first-order valence-corrected chi connectivity index (χ1v) is 7.90. The Bertz CT molecular complexity index is 866. The number of morpholine rings is 1. The third-order valence-corrected chi connectivity index (χ3v) is 4.25. The molecule has 2 atom stereocenters. The summed E-state index contributed by atoms with van der Waals surface area (Å²) in [5.41, 5.74) is 1.76. The van der Waals surface area contributed by atoms with Crippen LogP contribution in [0.1, 0.15) is 23.6 Å². The highest BCUT2D eigenvalue weighted by atomic mass is 16.5. The van der Waals surface area contributed by atoms with Crippen molar-refractivity contribution in [3.63, 3.8) is 0 Å². The fraction of sp³-hybridized carbons (Fsp3) is 0.222. The molecule has 4 rings (SSSR count). The third-order valence-electron chi connectivity index (χ3n) is 4.25. The topological polar surface area (TPSA) is 81.4 Å². The summed E-state index contributed by atoms with van der Waals surface area (Å²) < 4.78 is 11.2. The first-order valence-electron chi connectivity index (χ1n) is 7.90. The molecule has 0 aliphatic carbocycles. The molecule has 1 aliphatic rings. The molecule has 7 heteroatoms. The first-order chi connectivity index (χ1) is 12.2. The molecule has 1 aromatic carbocycles. The van der Waals surface area contributed by atoms with Gasteiger partial charge >= 0.3 is 0 Å². The maximum Gasteiger partial charge on any atom is 0.258 e. The number of amides is 1. The van der Waals surface area contributed by atoms with Crippen molar-refractivity contribution in [1.29, 1.82) is 0 Å². The summed E-state index contributed by atoms with van der Waals surface area (Å²) in [5, 5.41) is 4.04. The van der Waals surface area contributed by atoms with E-state index < -0.39 is 6.10 Å². The van der Waals surface area contributed by atoms with Gasteiger partial charge in [-0.1, -0.05) is 35.5 Å². The average molecular weight is 336 g/mol. The molecule has 3 aromatic rings. The second kappa shape index (κ2) is 6.45. The smallest absolute Gasteiger partial charge is 0.258 e. The van der Waals surface area contributed by atoms with E-state index in [0.717, 1.165) is 11.1 Å². The van der Waals surface area contributed by atoms with Crippen LogP contribution in [0.5, 0.6) is 0 Å². The minimum Gasteiger partial charge on any atom is -0.356 e. The summed E-state index contributed by atoms with van der Waals surface area (Å²) >= 11 is 0. The molecule has 0 saturated carbocycles. The van der Waals surface area contributed by atoms with Gasteiger partial charge in [-0.3, -0.25) is 9.78 Å².